The van der Waals surface area contributed by atoms with Crippen LogP contribution in [-0.4, -0.2) is 46.7 Å². The van der Waals surface area contributed by atoms with E-state index >= 15 is 0 Å². The number of carbonyl (C=O) groups is 2. The standard InChI is InChI=1S/C19H25NO4/c1-3-10-19-11-9-14(20(19)2)12-15(16(19)17(21)22)24-18(23)13-7-5-4-6-8-13/h4-8,14-16H,3,9-12H2,1-2H3,(H,21,22). The summed E-state index contributed by atoms with van der Waals surface area (Å²) in [7, 11) is 2.03. The summed E-state index contributed by atoms with van der Waals surface area (Å²) < 4.78 is 5.71. The zero-order valence-corrected chi connectivity index (χ0v) is 14.3. The third-order valence-corrected chi connectivity index (χ3v) is 5.83. The zero-order valence-electron chi connectivity index (χ0n) is 14.3. The number of hydrogen-bond acceptors (Lipinski definition) is 4. The maximum Gasteiger partial charge on any atom is 0.338 e. The molecule has 0 saturated carbocycles. The van der Waals surface area contributed by atoms with Crippen LogP contribution in [0.15, 0.2) is 30.3 Å². The molecule has 0 radical (unpaired) electrons. The molecule has 2 saturated heterocycles. The van der Waals surface area contributed by atoms with Gasteiger partial charge in [-0.25, -0.2) is 4.79 Å². The van der Waals surface area contributed by atoms with Crippen LogP contribution in [-0.2, 0) is 9.53 Å². The van der Waals surface area contributed by atoms with Gasteiger partial charge >= 0.3 is 11.9 Å². The fourth-order valence-corrected chi connectivity index (χ4v) is 4.73. The van der Waals surface area contributed by atoms with E-state index in [9.17, 15) is 14.7 Å². The van der Waals surface area contributed by atoms with Gasteiger partial charge in [0.1, 0.15) is 12.0 Å². The van der Waals surface area contributed by atoms with Crippen molar-refractivity contribution < 1.29 is 19.4 Å². The molecule has 2 fully saturated rings. The predicted octanol–water partition coefficient (Wildman–Crippen LogP) is 2.95. The van der Waals surface area contributed by atoms with Crippen LogP contribution in [0.4, 0.5) is 0 Å². The molecule has 4 atom stereocenters. The molecule has 1 aromatic rings. The van der Waals surface area contributed by atoms with Crippen molar-refractivity contribution >= 4 is 11.9 Å². The number of fused-ring (bicyclic) bond motifs is 2. The molecule has 5 heteroatoms. The highest BCUT2D eigenvalue weighted by Gasteiger charge is 2.59. The van der Waals surface area contributed by atoms with Crippen LogP contribution in [0.2, 0.25) is 0 Å². The first kappa shape index (κ1) is 17.0. The summed E-state index contributed by atoms with van der Waals surface area (Å²) in [6.07, 6.45) is 3.59. The van der Waals surface area contributed by atoms with E-state index in [1.807, 2.05) is 13.1 Å². The van der Waals surface area contributed by atoms with E-state index in [-0.39, 0.29) is 0 Å². The number of benzene rings is 1. The second-order valence-electron chi connectivity index (χ2n) is 7.02. The van der Waals surface area contributed by atoms with Gasteiger partial charge in [0, 0.05) is 18.0 Å². The smallest absolute Gasteiger partial charge is 0.338 e. The van der Waals surface area contributed by atoms with Gasteiger partial charge in [-0.3, -0.25) is 9.69 Å². The van der Waals surface area contributed by atoms with E-state index in [2.05, 4.69) is 11.8 Å². The van der Waals surface area contributed by atoms with Gasteiger partial charge in [-0.05, 0) is 38.4 Å². The molecule has 24 heavy (non-hydrogen) atoms. The lowest BCUT2D eigenvalue weighted by Gasteiger charge is -2.49. The number of carboxylic acid groups (broad SMARTS) is 1. The Hall–Kier alpha value is -1.88. The second-order valence-corrected chi connectivity index (χ2v) is 7.02. The molecule has 1 aromatic carbocycles. The van der Waals surface area contributed by atoms with Crippen molar-refractivity contribution in [3.05, 3.63) is 35.9 Å². The summed E-state index contributed by atoms with van der Waals surface area (Å²) >= 11 is 0. The van der Waals surface area contributed by atoms with E-state index in [0.29, 0.717) is 18.0 Å². The van der Waals surface area contributed by atoms with Gasteiger partial charge in [-0.15, -0.1) is 0 Å². The normalized spacial score (nSPS) is 32.5. The van der Waals surface area contributed by atoms with E-state index in [1.54, 1.807) is 24.3 Å². The van der Waals surface area contributed by atoms with E-state index in [0.717, 1.165) is 25.7 Å². The molecule has 2 heterocycles. The fraction of sp³-hybridized carbons (Fsp3) is 0.579. The summed E-state index contributed by atoms with van der Waals surface area (Å²) in [6, 6.07) is 9.08. The van der Waals surface area contributed by atoms with Crippen LogP contribution in [0.1, 0.15) is 49.4 Å². The van der Waals surface area contributed by atoms with Crippen LogP contribution in [0.5, 0.6) is 0 Å². The Balaban J connectivity index is 1.87. The van der Waals surface area contributed by atoms with E-state index in [4.69, 9.17) is 4.74 Å². The lowest BCUT2D eigenvalue weighted by Crippen LogP contribution is -2.61. The summed E-state index contributed by atoms with van der Waals surface area (Å²) in [6.45, 7) is 2.08. The van der Waals surface area contributed by atoms with Crippen molar-refractivity contribution in [2.45, 2.75) is 56.7 Å². The highest BCUT2D eigenvalue weighted by Crippen LogP contribution is 2.50. The predicted molar refractivity (Wildman–Crippen MR) is 89.8 cm³/mol. The molecule has 2 bridgehead atoms. The average Bonchev–Trinajstić information content (AvgIpc) is 2.77. The van der Waals surface area contributed by atoms with Crippen molar-refractivity contribution in [2.24, 2.45) is 5.92 Å². The Labute approximate surface area is 142 Å². The van der Waals surface area contributed by atoms with E-state index in [1.165, 1.54) is 0 Å². The molecule has 2 aliphatic rings. The van der Waals surface area contributed by atoms with Gasteiger partial charge in [0.05, 0.1) is 5.56 Å². The lowest BCUT2D eigenvalue weighted by molar-refractivity contribution is -0.160. The fourth-order valence-electron chi connectivity index (χ4n) is 4.73. The van der Waals surface area contributed by atoms with Crippen LogP contribution in [0.25, 0.3) is 0 Å². The monoisotopic (exact) mass is 331 g/mol. The van der Waals surface area contributed by atoms with Crippen molar-refractivity contribution in [1.82, 2.24) is 4.90 Å². The number of ether oxygens (including phenoxy) is 1. The molecule has 0 aromatic heterocycles. The zero-order chi connectivity index (χ0) is 17.3. The molecule has 0 spiro atoms. The first-order valence-electron chi connectivity index (χ1n) is 8.71. The number of aliphatic carboxylic acids is 1. The highest BCUT2D eigenvalue weighted by atomic mass is 16.5. The van der Waals surface area contributed by atoms with Gasteiger partial charge in [0.15, 0.2) is 0 Å². The summed E-state index contributed by atoms with van der Waals surface area (Å²) in [5, 5.41) is 9.90. The summed E-state index contributed by atoms with van der Waals surface area (Å²) in [4.78, 5) is 26.7. The van der Waals surface area contributed by atoms with Crippen LogP contribution < -0.4 is 0 Å². The van der Waals surface area contributed by atoms with Gasteiger partial charge in [-0.1, -0.05) is 31.5 Å². The summed E-state index contributed by atoms with van der Waals surface area (Å²) in [5.74, 6) is -1.96. The highest BCUT2D eigenvalue weighted by molar-refractivity contribution is 5.89. The minimum atomic E-state index is -0.860. The van der Waals surface area contributed by atoms with Crippen LogP contribution >= 0.6 is 0 Å². The molecule has 1 N–H and O–H groups in total. The van der Waals surface area contributed by atoms with Gasteiger partial charge < -0.3 is 9.84 Å². The number of nitrogens with zero attached hydrogens (tertiary/aromatic N) is 1. The van der Waals surface area contributed by atoms with Crippen LogP contribution in [0, 0.1) is 5.92 Å². The van der Waals surface area contributed by atoms with Crippen molar-refractivity contribution in [3.8, 4) is 0 Å². The molecule has 2 aliphatic heterocycles. The first-order chi connectivity index (χ1) is 11.5. The first-order valence-corrected chi connectivity index (χ1v) is 8.71. The molecular formula is C19H25NO4. The van der Waals surface area contributed by atoms with Gasteiger partial charge in [0.2, 0.25) is 0 Å². The number of carbonyl (C=O) groups excluding carboxylic acids is 1. The number of hydrogen-bond donors (Lipinski definition) is 1. The maximum absolute atomic E-state index is 12.4. The molecular weight excluding hydrogens is 306 g/mol. The SMILES string of the molecule is CCCC12CCC(CC(OC(=O)c3ccccc3)C1C(=O)O)N2C. The Bertz CT molecular complexity index is 613. The Morgan fingerprint density at radius 3 is 2.67 bits per heavy atom. The molecule has 5 nitrogen and oxygen atoms in total. The second kappa shape index (κ2) is 6.55. The number of piperidine rings is 1. The maximum atomic E-state index is 12.4. The minimum Gasteiger partial charge on any atom is -0.481 e. The number of esters is 1. The third-order valence-electron chi connectivity index (χ3n) is 5.83. The van der Waals surface area contributed by atoms with Crippen molar-refractivity contribution in [2.75, 3.05) is 7.05 Å². The van der Waals surface area contributed by atoms with E-state index < -0.39 is 29.5 Å². The minimum absolute atomic E-state index is 0.292. The molecule has 0 aliphatic carbocycles. The van der Waals surface area contributed by atoms with Crippen LogP contribution in [0.3, 0.4) is 0 Å². The Morgan fingerprint density at radius 1 is 1.33 bits per heavy atom. The largest absolute Gasteiger partial charge is 0.481 e. The molecule has 0 amide bonds. The van der Waals surface area contributed by atoms with Crippen molar-refractivity contribution in [1.29, 1.82) is 0 Å². The average molecular weight is 331 g/mol. The molecule has 3 rings (SSSR count). The molecule has 4 unspecified atom stereocenters. The quantitative estimate of drug-likeness (QED) is 0.840. The lowest BCUT2D eigenvalue weighted by atomic mass is 9.73. The molecule has 130 valence electrons. The number of rotatable bonds is 5. The Kier molecular flexibility index (Phi) is 4.63. The van der Waals surface area contributed by atoms with Crippen molar-refractivity contribution in [3.63, 3.8) is 0 Å². The summed E-state index contributed by atoms with van der Waals surface area (Å²) in [5.41, 5.74) is 0.0722. The third kappa shape index (κ3) is 2.71. The Morgan fingerprint density at radius 2 is 2.04 bits per heavy atom. The topological polar surface area (TPSA) is 66.8 Å². The van der Waals surface area contributed by atoms with Gasteiger partial charge in [-0.2, -0.15) is 0 Å². The number of carboxylic acids is 1. The van der Waals surface area contributed by atoms with Gasteiger partial charge in [0.25, 0.3) is 0 Å².